The molecule has 1 N–H and O–H groups in total. The summed E-state index contributed by atoms with van der Waals surface area (Å²) in [5.41, 5.74) is 0. The Labute approximate surface area is 151 Å². The van der Waals surface area contributed by atoms with Crippen molar-refractivity contribution < 1.29 is 14.7 Å². The minimum absolute atomic E-state index is 0.00719. The molecule has 0 aromatic rings. The van der Waals surface area contributed by atoms with Crippen LogP contribution < -0.4 is 0 Å². The number of carboxylic acid groups (broad SMARTS) is 1. The monoisotopic (exact) mass is 366 g/mol. The molecule has 0 radical (unpaired) electrons. The molecule has 3 aliphatic heterocycles. The molecule has 1 amide bonds. The first kappa shape index (κ1) is 18.4. The molecular weight excluding hydrogens is 340 g/mol. The van der Waals surface area contributed by atoms with Gasteiger partial charge in [-0.15, -0.1) is 0 Å². The van der Waals surface area contributed by atoms with Crippen LogP contribution >= 0.6 is 10.9 Å². The normalized spacial score (nSPS) is 30.0. The number of hydrogen-bond acceptors (Lipinski definition) is 5. The van der Waals surface area contributed by atoms with E-state index >= 15 is 0 Å². The van der Waals surface area contributed by atoms with E-state index in [-0.39, 0.29) is 28.6 Å². The average Bonchev–Trinajstić information content (AvgIpc) is 3.07. The van der Waals surface area contributed by atoms with Crippen molar-refractivity contribution >= 4 is 28.1 Å². The molecule has 0 spiro atoms. The fourth-order valence-corrected chi connectivity index (χ4v) is 6.21. The van der Waals surface area contributed by atoms with E-state index in [1.807, 2.05) is 6.92 Å². The zero-order chi connectivity index (χ0) is 18.0. The molecular formula is C17H26N4O3S. The van der Waals surface area contributed by atoms with Crippen molar-refractivity contribution in [2.24, 2.45) is 11.8 Å². The second-order valence-corrected chi connectivity index (χ2v) is 9.05. The number of carbonyl (C=O) groups is 2. The first-order valence-corrected chi connectivity index (χ1v) is 10.2. The van der Waals surface area contributed by atoms with Crippen LogP contribution in [0.25, 0.3) is 0 Å². The van der Waals surface area contributed by atoms with Crippen molar-refractivity contribution in [3.63, 3.8) is 0 Å². The van der Waals surface area contributed by atoms with E-state index in [9.17, 15) is 14.7 Å². The first-order chi connectivity index (χ1) is 12.0. The molecule has 0 aromatic carbocycles. The fourth-order valence-electron chi connectivity index (χ4n) is 3.97. The van der Waals surface area contributed by atoms with E-state index in [0.29, 0.717) is 19.5 Å². The van der Waals surface area contributed by atoms with Gasteiger partial charge in [0.15, 0.2) is 0 Å². The smallest absolute Gasteiger partial charge is 0.326 e. The third-order valence-electron chi connectivity index (χ3n) is 5.32. The van der Waals surface area contributed by atoms with Gasteiger partial charge in [0.25, 0.3) is 0 Å². The zero-order valence-electron chi connectivity index (χ0n) is 14.6. The summed E-state index contributed by atoms with van der Waals surface area (Å²) in [5.74, 6) is -0.870. The number of rotatable bonds is 4. The van der Waals surface area contributed by atoms with E-state index in [1.54, 1.807) is 4.90 Å². The summed E-state index contributed by atoms with van der Waals surface area (Å²) in [7, 11) is -0.151. The second-order valence-electron chi connectivity index (χ2n) is 6.96. The number of nitrogens with zero attached hydrogens (tertiary/aromatic N) is 4. The van der Waals surface area contributed by atoms with E-state index in [0.717, 1.165) is 38.9 Å². The molecule has 0 aromatic heterocycles. The number of amides is 1. The molecule has 1 unspecified atom stereocenters. The van der Waals surface area contributed by atoms with Gasteiger partial charge in [0.05, 0.1) is 17.9 Å². The highest BCUT2D eigenvalue weighted by Crippen LogP contribution is 2.36. The predicted molar refractivity (Wildman–Crippen MR) is 96.7 cm³/mol. The summed E-state index contributed by atoms with van der Waals surface area (Å²) >= 11 is 0. The Bertz CT molecular complexity index is 612. The molecule has 3 heterocycles. The van der Waals surface area contributed by atoms with Crippen molar-refractivity contribution in [3.8, 4) is 6.07 Å². The van der Waals surface area contributed by atoms with Crippen LogP contribution in [0.15, 0.2) is 0 Å². The van der Waals surface area contributed by atoms with Gasteiger partial charge in [0.2, 0.25) is 5.91 Å². The van der Waals surface area contributed by atoms with Crippen LogP contribution in [-0.4, -0.2) is 74.6 Å². The van der Waals surface area contributed by atoms with Crippen LogP contribution in [0.3, 0.4) is 0 Å². The summed E-state index contributed by atoms with van der Waals surface area (Å²) in [6, 6.07) is 1.66. The Kier molecular flexibility index (Phi) is 5.77. The van der Waals surface area contributed by atoms with Gasteiger partial charge in [0.1, 0.15) is 6.04 Å². The minimum atomic E-state index is -0.886. The van der Waals surface area contributed by atoms with Crippen molar-refractivity contribution in [2.45, 2.75) is 38.6 Å². The second kappa shape index (κ2) is 7.85. The number of aliphatic carboxylic acids is 1. The van der Waals surface area contributed by atoms with Crippen LogP contribution in [0.5, 0.6) is 0 Å². The Morgan fingerprint density at radius 2 is 1.88 bits per heavy atom. The summed E-state index contributed by atoms with van der Waals surface area (Å²) < 4.78 is 4.64. The van der Waals surface area contributed by atoms with Crippen molar-refractivity contribution in [1.29, 1.82) is 5.26 Å². The molecule has 3 rings (SSSR count). The van der Waals surface area contributed by atoms with Crippen molar-refractivity contribution in [3.05, 3.63) is 0 Å². The van der Waals surface area contributed by atoms with Gasteiger partial charge >= 0.3 is 5.97 Å². The average molecular weight is 366 g/mol. The van der Waals surface area contributed by atoms with Gasteiger partial charge in [-0.2, -0.15) is 5.26 Å². The number of carbonyl (C=O) groups excluding carboxylic acids is 1. The lowest BCUT2D eigenvalue weighted by atomic mass is 9.97. The molecule has 25 heavy (non-hydrogen) atoms. The number of carboxylic acids is 1. The van der Waals surface area contributed by atoms with E-state index in [4.69, 9.17) is 5.26 Å². The van der Waals surface area contributed by atoms with Crippen LogP contribution in [-0.2, 0) is 9.59 Å². The molecule has 0 bridgehead atoms. The van der Waals surface area contributed by atoms with Gasteiger partial charge < -0.3 is 10.0 Å². The van der Waals surface area contributed by atoms with Gasteiger partial charge in [-0.1, -0.05) is 10.9 Å². The number of likely N-dealkylation sites (tertiary alicyclic amines) is 1. The Morgan fingerprint density at radius 3 is 2.52 bits per heavy atom. The maximum atomic E-state index is 12.9. The number of piperidine rings is 1. The summed E-state index contributed by atoms with van der Waals surface area (Å²) in [6.07, 6.45) is 3.12. The van der Waals surface area contributed by atoms with E-state index in [1.165, 1.54) is 0 Å². The lowest BCUT2D eigenvalue weighted by molar-refractivity contribution is -0.150. The van der Waals surface area contributed by atoms with Crippen LogP contribution in [0.4, 0.5) is 0 Å². The fraction of sp³-hybridized carbons (Fsp3) is 0.765. The van der Waals surface area contributed by atoms with Crippen molar-refractivity contribution in [2.75, 3.05) is 32.7 Å². The first-order valence-electron chi connectivity index (χ1n) is 9.00. The lowest BCUT2D eigenvalue weighted by Crippen LogP contribution is -2.50. The zero-order valence-corrected chi connectivity index (χ0v) is 15.5. The van der Waals surface area contributed by atoms with Gasteiger partial charge in [-0.3, -0.25) is 4.79 Å². The predicted octanol–water partition coefficient (Wildman–Crippen LogP) is 1.15. The van der Waals surface area contributed by atoms with E-state index < -0.39 is 12.0 Å². The molecule has 8 heteroatoms. The number of nitriles is 1. The van der Waals surface area contributed by atoms with Crippen LogP contribution in [0.1, 0.15) is 32.6 Å². The summed E-state index contributed by atoms with van der Waals surface area (Å²) in [6.45, 7) is 5.83. The van der Waals surface area contributed by atoms with E-state index in [2.05, 4.69) is 20.0 Å². The van der Waals surface area contributed by atoms with Gasteiger partial charge in [-0.25, -0.2) is 13.4 Å². The molecule has 7 nitrogen and oxygen atoms in total. The molecule has 138 valence electrons. The Hall–Kier alpha value is -1.43. The number of hydrogen-bond donors (Lipinski definition) is 1. The Balaban J connectivity index is 1.64. The van der Waals surface area contributed by atoms with Gasteiger partial charge in [-0.05, 0) is 38.0 Å². The highest BCUT2D eigenvalue weighted by atomic mass is 32.2. The largest absolute Gasteiger partial charge is 0.480 e. The highest BCUT2D eigenvalue weighted by Gasteiger charge is 2.39. The maximum Gasteiger partial charge on any atom is 0.326 e. The molecule has 0 saturated carbocycles. The molecule has 3 saturated heterocycles. The van der Waals surface area contributed by atoms with Crippen LogP contribution in [0, 0.1) is 23.2 Å². The molecule has 3 fully saturated rings. The van der Waals surface area contributed by atoms with Crippen LogP contribution in [0.2, 0.25) is 0 Å². The summed E-state index contributed by atoms with van der Waals surface area (Å²) in [5, 5.41) is 20.5. The molecule has 3 atom stereocenters. The topological polar surface area (TPSA) is 87.9 Å². The standard InChI is InChI=1S/C17H26N4O3S/c1-2-25(20-10-13(9-18)11-20)19-7-3-5-14(12-19)16(22)21-8-4-6-15(21)17(23)24/h2,13-15H,3-8,10-12H2,1H3,(H,23,24)/t14-,15+,25?/m0/s1. The third-order valence-corrected chi connectivity index (χ3v) is 7.43. The molecule has 0 aliphatic carbocycles. The minimum Gasteiger partial charge on any atom is -0.480 e. The third kappa shape index (κ3) is 3.73. The quantitative estimate of drug-likeness (QED) is 0.751. The molecule has 3 aliphatic rings. The van der Waals surface area contributed by atoms with Crippen molar-refractivity contribution in [1.82, 2.24) is 13.5 Å². The lowest BCUT2D eigenvalue weighted by Gasteiger charge is -2.44. The maximum absolute atomic E-state index is 12.9. The SMILES string of the molecule is C/C=S(/N1CC(C#N)C1)N1CCC[C@H](C(=O)N2CCC[C@@H]2C(=O)O)C1. The summed E-state index contributed by atoms with van der Waals surface area (Å²) in [4.78, 5) is 25.9. The van der Waals surface area contributed by atoms with Gasteiger partial charge in [0, 0.05) is 32.7 Å². The highest BCUT2D eigenvalue weighted by molar-refractivity contribution is 8.10. The Morgan fingerprint density at radius 1 is 1.16 bits per heavy atom.